The molecule has 20 heavy (non-hydrogen) atoms. The third-order valence-corrected chi connectivity index (χ3v) is 4.41. The highest BCUT2D eigenvalue weighted by Crippen LogP contribution is 2.27. The van der Waals surface area contributed by atoms with Gasteiger partial charge < -0.3 is 5.32 Å². The second-order valence-corrected chi connectivity index (χ2v) is 5.77. The van der Waals surface area contributed by atoms with Crippen LogP contribution >= 0.6 is 0 Å². The summed E-state index contributed by atoms with van der Waals surface area (Å²) in [5, 5.41) is 7.47. The third kappa shape index (κ3) is 2.66. The van der Waals surface area contributed by atoms with Gasteiger partial charge in [0.25, 0.3) is 0 Å². The second-order valence-electron chi connectivity index (χ2n) is 5.77. The zero-order chi connectivity index (χ0) is 13.9. The number of anilines is 1. The number of carbonyl (C=O) groups is 1. The van der Waals surface area contributed by atoms with Gasteiger partial charge in [-0.3, -0.25) is 14.8 Å². The third-order valence-electron chi connectivity index (χ3n) is 4.41. The molecule has 1 unspecified atom stereocenters. The lowest BCUT2D eigenvalue weighted by Gasteiger charge is -2.30. The molecule has 2 saturated heterocycles. The first-order valence-corrected chi connectivity index (χ1v) is 7.61. The Morgan fingerprint density at radius 1 is 1.30 bits per heavy atom. The molecule has 4 nitrogen and oxygen atoms in total. The fourth-order valence-corrected chi connectivity index (χ4v) is 3.23. The van der Waals surface area contributed by atoms with E-state index >= 15 is 0 Å². The highest BCUT2D eigenvalue weighted by molar-refractivity contribution is 5.81. The summed E-state index contributed by atoms with van der Waals surface area (Å²) in [5.74, 6) is 0.204. The number of carbonyl (C=O) groups excluding carboxylic acids is 1. The molecule has 1 aromatic carbocycles. The molecule has 0 aromatic heterocycles. The fourth-order valence-electron chi connectivity index (χ4n) is 3.23. The van der Waals surface area contributed by atoms with Gasteiger partial charge in [-0.2, -0.15) is 0 Å². The average molecular weight is 273 g/mol. The Balaban J connectivity index is 1.79. The van der Waals surface area contributed by atoms with Crippen LogP contribution in [-0.4, -0.2) is 37.1 Å². The van der Waals surface area contributed by atoms with Crippen molar-refractivity contribution in [2.75, 3.05) is 25.1 Å². The molecular weight excluding hydrogens is 250 g/mol. The largest absolute Gasteiger partial charge is 0.314 e. The van der Waals surface area contributed by atoms with Crippen molar-refractivity contribution in [2.45, 2.75) is 38.1 Å². The predicted molar refractivity (Wildman–Crippen MR) is 80.5 cm³/mol. The first-order valence-electron chi connectivity index (χ1n) is 7.61. The lowest BCUT2D eigenvalue weighted by Crippen LogP contribution is -2.38. The quantitative estimate of drug-likeness (QED) is 0.914. The summed E-state index contributed by atoms with van der Waals surface area (Å²) in [7, 11) is 1.87. The molecule has 1 N–H and O–H groups in total. The number of nitrogens with zero attached hydrogens (tertiary/aromatic N) is 2. The van der Waals surface area contributed by atoms with Crippen LogP contribution in [0.2, 0.25) is 0 Å². The van der Waals surface area contributed by atoms with Crippen LogP contribution in [0.4, 0.5) is 5.69 Å². The van der Waals surface area contributed by atoms with Crippen LogP contribution in [0.5, 0.6) is 0 Å². The van der Waals surface area contributed by atoms with E-state index in [2.05, 4.69) is 34.6 Å². The molecule has 2 fully saturated rings. The summed E-state index contributed by atoms with van der Waals surface area (Å²) >= 11 is 0. The number of hydrogen-bond acceptors (Lipinski definition) is 3. The van der Waals surface area contributed by atoms with E-state index in [0.29, 0.717) is 12.5 Å². The molecule has 108 valence electrons. The monoisotopic (exact) mass is 273 g/mol. The minimum Gasteiger partial charge on any atom is -0.314 e. The van der Waals surface area contributed by atoms with Crippen LogP contribution in [0.25, 0.3) is 0 Å². The zero-order valence-corrected chi connectivity index (χ0v) is 12.1. The molecule has 2 heterocycles. The lowest BCUT2D eigenvalue weighted by atomic mass is 9.97. The van der Waals surface area contributed by atoms with Gasteiger partial charge in [0, 0.05) is 26.1 Å². The SMILES string of the molecule is CN1C(=O)CCN1c1ccccc1CC1CCCCN1. The molecule has 0 saturated carbocycles. The van der Waals surface area contributed by atoms with Gasteiger partial charge in [0.05, 0.1) is 5.69 Å². The van der Waals surface area contributed by atoms with Crippen molar-refractivity contribution in [1.82, 2.24) is 10.3 Å². The zero-order valence-electron chi connectivity index (χ0n) is 12.1. The van der Waals surface area contributed by atoms with E-state index < -0.39 is 0 Å². The molecule has 1 atom stereocenters. The summed E-state index contributed by atoms with van der Waals surface area (Å²) in [6.07, 6.45) is 5.54. The summed E-state index contributed by atoms with van der Waals surface area (Å²) < 4.78 is 0. The highest BCUT2D eigenvalue weighted by atomic mass is 16.2. The Morgan fingerprint density at radius 3 is 2.85 bits per heavy atom. The molecular formula is C16H23N3O. The van der Waals surface area contributed by atoms with E-state index in [1.807, 2.05) is 7.05 Å². The molecule has 3 rings (SSSR count). The van der Waals surface area contributed by atoms with Crippen LogP contribution < -0.4 is 10.3 Å². The van der Waals surface area contributed by atoms with Crippen LogP contribution in [-0.2, 0) is 11.2 Å². The fraction of sp³-hybridized carbons (Fsp3) is 0.562. The molecule has 2 aliphatic heterocycles. The van der Waals surface area contributed by atoms with Gasteiger partial charge in [0.2, 0.25) is 5.91 Å². The minimum atomic E-state index is 0.204. The van der Waals surface area contributed by atoms with Gasteiger partial charge in [-0.15, -0.1) is 0 Å². The molecule has 1 amide bonds. The number of rotatable bonds is 3. The first-order chi connectivity index (χ1) is 9.75. The Morgan fingerprint density at radius 2 is 2.15 bits per heavy atom. The number of amides is 1. The van der Waals surface area contributed by atoms with Crippen molar-refractivity contribution in [3.63, 3.8) is 0 Å². The van der Waals surface area contributed by atoms with E-state index in [9.17, 15) is 4.79 Å². The Kier molecular flexibility index (Phi) is 3.92. The van der Waals surface area contributed by atoms with Gasteiger partial charge in [-0.1, -0.05) is 24.6 Å². The summed E-state index contributed by atoms with van der Waals surface area (Å²) in [6, 6.07) is 9.06. The van der Waals surface area contributed by atoms with Crippen molar-refractivity contribution < 1.29 is 4.79 Å². The topological polar surface area (TPSA) is 35.6 Å². The van der Waals surface area contributed by atoms with Crippen LogP contribution in [0, 0.1) is 0 Å². The van der Waals surface area contributed by atoms with Crippen LogP contribution in [0.1, 0.15) is 31.2 Å². The predicted octanol–water partition coefficient (Wildman–Crippen LogP) is 1.95. The Hall–Kier alpha value is -1.55. The minimum absolute atomic E-state index is 0.204. The highest BCUT2D eigenvalue weighted by Gasteiger charge is 2.27. The smallest absolute Gasteiger partial charge is 0.242 e. The van der Waals surface area contributed by atoms with Crippen molar-refractivity contribution >= 4 is 11.6 Å². The summed E-state index contributed by atoms with van der Waals surface area (Å²) in [5.41, 5.74) is 2.53. The normalized spacial score (nSPS) is 23.4. The maximum atomic E-state index is 11.7. The number of para-hydroxylation sites is 1. The number of nitrogens with one attached hydrogen (secondary N) is 1. The van der Waals surface area contributed by atoms with Crippen LogP contribution in [0.3, 0.4) is 0 Å². The van der Waals surface area contributed by atoms with E-state index in [-0.39, 0.29) is 5.91 Å². The van der Waals surface area contributed by atoms with Gasteiger partial charge in [-0.05, 0) is 37.4 Å². The maximum Gasteiger partial charge on any atom is 0.242 e. The van der Waals surface area contributed by atoms with Crippen molar-refractivity contribution in [3.8, 4) is 0 Å². The van der Waals surface area contributed by atoms with Crippen molar-refractivity contribution in [3.05, 3.63) is 29.8 Å². The number of hydrazine groups is 1. The van der Waals surface area contributed by atoms with E-state index in [0.717, 1.165) is 19.5 Å². The molecule has 0 spiro atoms. The number of benzene rings is 1. The lowest BCUT2D eigenvalue weighted by molar-refractivity contribution is -0.126. The average Bonchev–Trinajstić information content (AvgIpc) is 2.81. The maximum absolute atomic E-state index is 11.7. The number of hydrogen-bond donors (Lipinski definition) is 1. The summed E-state index contributed by atoms with van der Waals surface area (Å²) in [4.78, 5) is 11.7. The first kappa shape index (κ1) is 13.4. The standard InChI is InChI=1S/C16H23N3O/c1-18-16(20)9-11-19(18)15-8-3-2-6-13(15)12-14-7-4-5-10-17-14/h2-3,6,8,14,17H,4-5,7,9-12H2,1H3. The second kappa shape index (κ2) is 5.83. The van der Waals surface area contributed by atoms with Gasteiger partial charge in [0.1, 0.15) is 0 Å². The molecule has 1 aromatic rings. The molecule has 0 aliphatic carbocycles. The van der Waals surface area contributed by atoms with Gasteiger partial charge >= 0.3 is 0 Å². The van der Waals surface area contributed by atoms with Crippen molar-refractivity contribution in [2.24, 2.45) is 0 Å². The van der Waals surface area contributed by atoms with Crippen LogP contribution in [0.15, 0.2) is 24.3 Å². The Labute approximate surface area is 120 Å². The van der Waals surface area contributed by atoms with Gasteiger partial charge in [0.15, 0.2) is 0 Å². The van der Waals surface area contributed by atoms with Gasteiger partial charge in [-0.25, -0.2) is 0 Å². The molecule has 0 bridgehead atoms. The van der Waals surface area contributed by atoms with Crippen molar-refractivity contribution in [1.29, 1.82) is 0 Å². The molecule has 2 aliphatic rings. The number of piperidine rings is 1. The van der Waals surface area contributed by atoms with E-state index in [4.69, 9.17) is 0 Å². The molecule has 4 heteroatoms. The Bertz CT molecular complexity index is 482. The van der Waals surface area contributed by atoms with E-state index in [1.54, 1.807) is 5.01 Å². The van der Waals surface area contributed by atoms with E-state index in [1.165, 1.54) is 30.5 Å². The molecule has 0 radical (unpaired) electrons. The summed E-state index contributed by atoms with van der Waals surface area (Å²) in [6.45, 7) is 1.93.